The van der Waals surface area contributed by atoms with Crippen LogP contribution in [0.2, 0.25) is 10.0 Å². The van der Waals surface area contributed by atoms with Crippen molar-refractivity contribution in [2.45, 2.75) is 52.5 Å². The molecule has 0 aliphatic rings. The number of carboxylic acid groups (broad SMARTS) is 1. The van der Waals surface area contributed by atoms with Gasteiger partial charge in [-0.25, -0.2) is 0 Å². The quantitative estimate of drug-likeness (QED) is 0.777. The van der Waals surface area contributed by atoms with E-state index in [0.717, 1.165) is 22.5 Å². The van der Waals surface area contributed by atoms with Crippen molar-refractivity contribution in [2.24, 2.45) is 0 Å². The number of nitrogens with zero attached hydrogens (tertiary/aromatic N) is 2. The average Bonchev–Trinajstić information content (AvgIpc) is 2.76. The fourth-order valence-corrected chi connectivity index (χ4v) is 3.49. The Kier molecular flexibility index (Phi) is 5.94. The molecule has 0 saturated carbocycles. The minimum atomic E-state index is -1.12. The number of aromatic nitrogens is 2. The molecule has 0 radical (unpaired) electrons. The van der Waals surface area contributed by atoms with Crippen LogP contribution in [-0.2, 0) is 11.2 Å². The van der Waals surface area contributed by atoms with E-state index in [0.29, 0.717) is 22.9 Å². The number of carbonyl (C=O) groups excluding carboxylic acids is 1. The third-order valence-electron chi connectivity index (χ3n) is 4.11. The zero-order valence-corrected chi connectivity index (χ0v) is 15.8. The maximum Gasteiger partial charge on any atom is 0.0913 e. The zero-order chi connectivity index (χ0) is 18.0. The topological polar surface area (TPSA) is 57.9 Å². The maximum atomic E-state index is 11.4. The van der Waals surface area contributed by atoms with E-state index in [1.54, 1.807) is 10.7 Å². The van der Waals surface area contributed by atoms with Gasteiger partial charge in [0.1, 0.15) is 0 Å². The van der Waals surface area contributed by atoms with Crippen LogP contribution in [0, 0.1) is 6.92 Å². The van der Waals surface area contributed by atoms with Crippen molar-refractivity contribution >= 4 is 29.2 Å². The molecule has 4 nitrogen and oxygen atoms in total. The lowest BCUT2D eigenvalue weighted by atomic mass is 9.98. The zero-order valence-electron chi connectivity index (χ0n) is 14.3. The lowest BCUT2D eigenvalue weighted by Gasteiger charge is -2.18. The lowest BCUT2D eigenvalue weighted by Crippen LogP contribution is -2.34. The van der Waals surface area contributed by atoms with Crippen LogP contribution in [0.1, 0.15) is 61.7 Å². The van der Waals surface area contributed by atoms with Gasteiger partial charge in [0.2, 0.25) is 0 Å². The molecule has 1 aromatic carbocycles. The maximum absolute atomic E-state index is 11.4. The molecule has 1 unspecified atom stereocenters. The van der Waals surface area contributed by atoms with E-state index in [4.69, 9.17) is 23.2 Å². The highest BCUT2D eigenvalue weighted by atomic mass is 35.5. The second-order valence-corrected chi connectivity index (χ2v) is 7.12. The summed E-state index contributed by atoms with van der Waals surface area (Å²) in [6.07, 6.45) is 1.02. The number of aliphatic carboxylic acids is 1. The molecule has 1 aromatic heterocycles. The molecule has 0 bridgehead atoms. The first-order valence-electron chi connectivity index (χ1n) is 7.98. The number of halogens is 2. The first-order valence-corrected chi connectivity index (χ1v) is 8.73. The molecule has 0 saturated heterocycles. The van der Waals surface area contributed by atoms with Gasteiger partial charge < -0.3 is 9.90 Å². The van der Waals surface area contributed by atoms with E-state index in [1.807, 2.05) is 39.8 Å². The summed E-state index contributed by atoms with van der Waals surface area (Å²) < 4.78 is 1.58. The number of carbonyl (C=O) groups is 1. The molecule has 6 heteroatoms. The van der Waals surface area contributed by atoms with Gasteiger partial charge in [-0.2, -0.15) is 5.10 Å². The first-order chi connectivity index (χ1) is 11.2. The van der Waals surface area contributed by atoms with Crippen LogP contribution in [0.25, 0.3) is 0 Å². The third kappa shape index (κ3) is 3.93. The Hall–Kier alpha value is -1.52. The normalized spacial score (nSPS) is 12.6. The van der Waals surface area contributed by atoms with Crippen LogP contribution in [0.3, 0.4) is 0 Å². The molecule has 1 heterocycles. The summed E-state index contributed by atoms with van der Waals surface area (Å²) in [7, 11) is 0. The van der Waals surface area contributed by atoms with Crippen molar-refractivity contribution < 1.29 is 9.90 Å². The number of hydrogen-bond donors (Lipinski definition) is 0. The molecule has 24 heavy (non-hydrogen) atoms. The minimum Gasteiger partial charge on any atom is -0.548 e. The Morgan fingerprint density at radius 2 is 1.83 bits per heavy atom. The van der Waals surface area contributed by atoms with Gasteiger partial charge in [0.25, 0.3) is 0 Å². The van der Waals surface area contributed by atoms with Gasteiger partial charge in [-0.05, 0) is 43.0 Å². The Labute approximate surface area is 152 Å². The fraction of sp³-hybridized carbons (Fsp3) is 0.444. The van der Waals surface area contributed by atoms with Gasteiger partial charge in [0.05, 0.1) is 17.7 Å². The Bertz CT molecular complexity index is 733. The van der Waals surface area contributed by atoms with Crippen molar-refractivity contribution in [3.8, 4) is 0 Å². The monoisotopic (exact) mass is 367 g/mol. The second-order valence-electron chi connectivity index (χ2n) is 6.25. The summed E-state index contributed by atoms with van der Waals surface area (Å²) in [4.78, 5) is 11.4. The van der Waals surface area contributed by atoms with Crippen molar-refractivity contribution in [3.05, 3.63) is 50.8 Å². The number of hydrogen-bond acceptors (Lipinski definition) is 3. The van der Waals surface area contributed by atoms with Gasteiger partial charge in [-0.3, -0.25) is 4.68 Å². The minimum absolute atomic E-state index is 0.175. The predicted octanol–water partition coefficient (Wildman–Crippen LogP) is 3.91. The molecular formula is C18H21Cl2N2O2-. The lowest BCUT2D eigenvalue weighted by molar-refractivity contribution is -0.310. The molecule has 2 aromatic rings. The van der Waals surface area contributed by atoms with Crippen molar-refractivity contribution in [1.29, 1.82) is 0 Å². The van der Waals surface area contributed by atoms with Gasteiger partial charge >= 0.3 is 0 Å². The highest BCUT2D eigenvalue weighted by molar-refractivity contribution is 6.34. The molecule has 0 N–H and O–H groups in total. The summed E-state index contributed by atoms with van der Waals surface area (Å²) >= 11 is 12.2. The summed E-state index contributed by atoms with van der Waals surface area (Å²) in [5, 5.41) is 17.1. The van der Waals surface area contributed by atoms with Gasteiger partial charge in [-0.1, -0.05) is 44.0 Å². The average molecular weight is 368 g/mol. The van der Waals surface area contributed by atoms with Crippen LogP contribution in [0.4, 0.5) is 0 Å². The highest BCUT2D eigenvalue weighted by Gasteiger charge is 2.22. The van der Waals surface area contributed by atoms with E-state index in [1.165, 1.54) is 0 Å². The molecule has 0 aliphatic heterocycles. The molecule has 0 fully saturated rings. The molecule has 2 rings (SSSR count). The van der Waals surface area contributed by atoms with Crippen molar-refractivity contribution in [2.75, 3.05) is 0 Å². The van der Waals surface area contributed by atoms with Crippen LogP contribution in [-0.4, -0.2) is 15.7 Å². The summed E-state index contributed by atoms with van der Waals surface area (Å²) in [6.45, 7) is 7.79. The van der Waals surface area contributed by atoms with E-state index < -0.39 is 12.0 Å². The van der Waals surface area contributed by atoms with Crippen LogP contribution < -0.4 is 5.11 Å². The highest BCUT2D eigenvalue weighted by Crippen LogP contribution is 2.29. The molecule has 0 spiro atoms. The van der Waals surface area contributed by atoms with Crippen LogP contribution in [0.15, 0.2) is 18.2 Å². The SMILES string of the molecule is CCC(C(=O)[O-])n1nc(C(C)C)c(Cc2cc(Cl)cc(Cl)c2)c1C. The van der Waals surface area contributed by atoms with E-state index in [9.17, 15) is 9.90 Å². The van der Waals surface area contributed by atoms with Crippen LogP contribution >= 0.6 is 23.2 Å². The Morgan fingerprint density at radius 1 is 1.25 bits per heavy atom. The number of carboxylic acids is 1. The Morgan fingerprint density at radius 3 is 2.29 bits per heavy atom. The van der Waals surface area contributed by atoms with Crippen molar-refractivity contribution in [3.63, 3.8) is 0 Å². The molecule has 0 amide bonds. The number of rotatable bonds is 6. The fourth-order valence-electron chi connectivity index (χ4n) is 2.92. The van der Waals surface area contributed by atoms with E-state index in [-0.39, 0.29) is 5.92 Å². The van der Waals surface area contributed by atoms with Gasteiger partial charge in [-0.15, -0.1) is 0 Å². The van der Waals surface area contributed by atoms with Gasteiger partial charge in [0.15, 0.2) is 0 Å². The largest absolute Gasteiger partial charge is 0.548 e. The summed E-state index contributed by atoms with van der Waals surface area (Å²) in [5.41, 5.74) is 3.72. The standard InChI is InChI=1S/C18H22Cl2N2O2/c1-5-16(18(23)24)22-11(4)15(17(21-22)10(2)3)8-12-6-13(19)9-14(20)7-12/h6-7,9-10,16H,5,8H2,1-4H3,(H,23,24)/p-1. The predicted molar refractivity (Wildman–Crippen MR) is 94.7 cm³/mol. The van der Waals surface area contributed by atoms with Crippen molar-refractivity contribution in [1.82, 2.24) is 9.78 Å². The second kappa shape index (κ2) is 7.58. The molecule has 1 atom stereocenters. The Balaban J connectivity index is 2.52. The van der Waals surface area contributed by atoms with Crippen LogP contribution in [0.5, 0.6) is 0 Å². The molecular weight excluding hydrogens is 347 g/mol. The van der Waals surface area contributed by atoms with E-state index in [2.05, 4.69) is 5.10 Å². The van der Waals surface area contributed by atoms with E-state index >= 15 is 0 Å². The first kappa shape index (κ1) is 18.8. The smallest absolute Gasteiger partial charge is 0.0913 e. The van der Waals surface area contributed by atoms with Gasteiger partial charge in [0, 0.05) is 27.7 Å². The molecule has 0 aliphatic carbocycles. The molecule has 130 valence electrons. The summed E-state index contributed by atoms with van der Waals surface area (Å²) in [6, 6.07) is 4.66. The third-order valence-corrected chi connectivity index (χ3v) is 4.55. The summed E-state index contributed by atoms with van der Waals surface area (Å²) in [5.74, 6) is -0.940. The number of benzene rings is 1.